The first kappa shape index (κ1) is 9.52. The molecule has 0 aliphatic rings. The monoisotopic (exact) mass is 254 g/mol. The Morgan fingerprint density at radius 3 is 2.93 bits per heavy atom. The quantitative estimate of drug-likeness (QED) is 0.895. The number of aryl methyl sites for hydroxylation is 1. The van der Waals surface area contributed by atoms with Gasteiger partial charge in [0.25, 0.3) is 6.01 Å². The number of hydrogen-bond donors (Lipinski definition) is 1. The molecule has 0 saturated heterocycles. The minimum atomic E-state index is 0.550. The fraction of sp³-hybridized carbons (Fsp3) is 0.300. The molecular formula is C10H11BrN2O. The number of oxazole rings is 1. The van der Waals surface area contributed by atoms with Gasteiger partial charge < -0.3 is 9.73 Å². The zero-order chi connectivity index (χ0) is 10.1. The van der Waals surface area contributed by atoms with Gasteiger partial charge in [-0.25, -0.2) is 0 Å². The average Bonchev–Trinajstić information content (AvgIpc) is 2.61. The van der Waals surface area contributed by atoms with Crippen LogP contribution in [-0.2, 0) is 6.42 Å². The van der Waals surface area contributed by atoms with Crippen molar-refractivity contribution in [2.24, 2.45) is 0 Å². The Morgan fingerprint density at radius 2 is 2.29 bits per heavy atom. The van der Waals surface area contributed by atoms with Crippen LogP contribution >= 0.6 is 15.9 Å². The predicted molar refractivity (Wildman–Crippen MR) is 60.6 cm³/mol. The number of aromatic nitrogens is 1. The van der Waals surface area contributed by atoms with Crippen LogP contribution in [0.3, 0.4) is 0 Å². The van der Waals surface area contributed by atoms with E-state index in [1.165, 1.54) is 5.56 Å². The molecule has 74 valence electrons. The van der Waals surface area contributed by atoms with E-state index in [1.54, 1.807) is 7.05 Å². The van der Waals surface area contributed by atoms with Crippen LogP contribution in [0, 0.1) is 0 Å². The third kappa shape index (κ3) is 1.50. The maximum atomic E-state index is 5.48. The van der Waals surface area contributed by atoms with Gasteiger partial charge in [0.05, 0.1) is 4.47 Å². The first-order chi connectivity index (χ1) is 6.74. The van der Waals surface area contributed by atoms with Gasteiger partial charge in [-0.05, 0) is 40.0 Å². The molecule has 4 heteroatoms. The highest BCUT2D eigenvalue weighted by atomic mass is 79.9. The molecule has 3 nitrogen and oxygen atoms in total. The van der Waals surface area contributed by atoms with Crippen molar-refractivity contribution in [2.75, 3.05) is 12.4 Å². The highest BCUT2D eigenvalue weighted by molar-refractivity contribution is 9.10. The lowest BCUT2D eigenvalue weighted by Gasteiger charge is -1.96. The zero-order valence-electron chi connectivity index (χ0n) is 8.10. The van der Waals surface area contributed by atoms with E-state index in [4.69, 9.17) is 4.42 Å². The average molecular weight is 255 g/mol. The van der Waals surface area contributed by atoms with Crippen LogP contribution in [0.5, 0.6) is 0 Å². The van der Waals surface area contributed by atoms with Crippen LogP contribution < -0.4 is 5.32 Å². The topological polar surface area (TPSA) is 38.1 Å². The van der Waals surface area contributed by atoms with Crippen LogP contribution in [0.25, 0.3) is 11.1 Å². The van der Waals surface area contributed by atoms with Gasteiger partial charge in [0, 0.05) is 7.05 Å². The van der Waals surface area contributed by atoms with Crippen LogP contribution in [0.4, 0.5) is 6.01 Å². The Balaban J connectivity index is 2.67. The number of halogens is 1. The molecule has 1 heterocycles. The number of nitrogens with one attached hydrogen (secondary N) is 1. The van der Waals surface area contributed by atoms with Gasteiger partial charge in [-0.15, -0.1) is 0 Å². The van der Waals surface area contributed by atoms with Crippen molar-refractivity contribution in [3.05, 3.63) is 22.2 Å². The molecule has 0 aliphatic carbocycles. The Labute approximate surface area is 90.6 Å². The molecule has 0 saturated carbocycles. The Bertz CT molecular complexity index is 464. The maximum Gasteiger partial charge on any atom is 0.295 e. The maximum absolute atomic E-state index is 5.48. The zero-order valence-corrected chi connectivity index (χ0v) is 9.68. The van der Waals surface area contributed by atoms with Gasteiger partial charge in [-0.1, -0.05) is 6.92 Å². The summed E-state index contributed by atoms with van der Waals surface area (Å²) in [6.07, 6.45) is 0.996. The van der Waals surface area contributed by atoms with E-state index in [0.717, 1.165) is 22.0 Å². The molecule has 0 fully saturated rings. The molecule has 2 rings (SSSR count). The Kier molecular flexibility index (Phi) is 2.46. The molecule has 2 aromatic rings. The molecule has 1 aromatic carbocycles. The lowest BCUT2D eigenvalue weighted by molar-refractivity contribution is 0.618. The van der Waals surface area contributed by atoms with E-state index in [-0.39, 0.29) is 0 Å². The van der Waals surface area contributed by atoms with Crippen molar-refractivity contribution < 1.29 is 4.42 Å². The summed E-state index contributed by atoms with van der Waals surface area (Å²) in [4.78, 5) is 4.29. The summed E-state index contributed by atoms with van der Waals surface area (Å²) >= 11 is 3.47. The summed E-state index contributed by atoms with van der Waals surface area (Å²) in [7, 11) is 1.79. The molecule has 0 unspecified atom stereocenters. The molecule has 0 spiro atoms. The summed E-state index contributed by atoms with van der Waals surface area (Å²) in [6.45, 7) is 2.12. The summed E-state index contributed by atoms with van der Waals surface area (Å²) in [6, 6.07) is 4.66. The number of anilines is 1. The van der Waals surface area contributed by atoms with Gasteiger partial charge in [-0.2, -0.15) is 4.98 Å². The normalized spacial score (nSPS) is 10.8. The van der Waals surface area contributed by atoms with E-state index in [1.807, 2.05) is 6.07 Å². The number of benzene rings is 1. The highest BCUT2D eigenvalue weighted by Crippen LogP contribution is 2.28. The van der Waals surface area contributed by atoms with Gasteiger partial charge in [0.15, 0.2) is 5.58 Å². The van der Waals surface area contributed by atoms with E-state index in [2.05, 4.69) is 39.2 Å². The fourth-order valence-electron chi connectivity index (χ4n) is 1.36. The van der Waals surface area contributed by atoms with Gasteiger partial charge >= 0.3 is 0 Å². The Morgan fingerprint density at radius 1 is 1.50 bits per heavy atom. The molecule has 0 atom stereocenters. The van der Waals surface area contributed by atoms with Gasteiger partial charge in [0.1, 0.15) is 5.52 Å². The van der Waals surface area contributed by atoms with Gasteiger partial charge in [0.2, 0.25) is 0 Å². The molecule has 14 heavy (non-hydrogen) atoms. The summed E-state index contributed by atoms with van der Waals surface area (Å²) < 4.78 is 6.44. The second-order valence-corrected chi connectivity index (χ2v) is 3.90. The van der Waals surface area contributed by atoms with Crippen molar-refractivity contribution in [3.63, 3.8) is 0 Å². The van der Waals surface area contributed by atoms with Gasteiger partial charge in [-0.3, -0.25) is 0 Å². The fourth-order valence-corrected chi connectivity index (χ4v) is 1.94. The highest BCUT2D eigenvalue weighted by Gasteiger charge is 2.08. The number of rotatable bonds is 2. The Hall–Kier alpha value is -1.03. The van der Waals surface area contributed by atoms with Crippen molar-refractivity contribution >= 4 is 33.0 Å². The third-order valence-corrected chi connectivity index (χ3v) is 2.72. The molecular weight excluding hydrogens is 244 g/mol. The van der Waals surface area contributed by atoms with Crippen molar-refractivity contribution in [1.82, 2.24) is 4.98 Å². The van der Waals surface area contributed by atoms with Crippen molar-refractivity contribution in [2.45, 2.75) is 13.3 Å². The summed E-state index contributed by atoms with van der Waals surface area (Å²) in [5.41, 5.74) is 2.94. The number of nitrogens with zero attached hydrogens (tertiary/aromatic N) is 1. The second kappa shape index (κ2) is 3.61. The van der Waals surface area contributed by atoms with Crippen LogP contribution in [0.15, 0.2) is 21.0 Å². The summed E-state index contributed by atoms with van der Waals surface area (Å²) in [5, 5.41) is 2.88. The molecule has 0 radical (unpaired) electrons. The SMILES string of the molecule is CCc1cc(Br)c2oc(NC)nc2c1. The van der Waals surface area contributed by atoms with Crippen molar-refractivity contribution in [1.29, 1.82) is 0 Å². The molecule has 1 N–H and O–H groups in total. The smallest absolute Gasteiger partial charge is 0.295 e. The number of fused-ring (bicyclic) bond motifs is 1. The first-order valence-electron chi connectivity index (χ1n) is 4.51. The number of hydrogen-bond acceptors (Lipinski definition) is 3. The van der Waals surface area contributed by atoms with E-state index in [0.29, 0.717) is 6.01 Å². The molecule has 0 bridgehead atoms. The first-order valence-corrected chi connectivity index (χ1v) is 5.30. The minimum absolute atomic E-state index is 0.550. The van der Waals surface area contributed by atoms with E-state index in [9.17, 15) is 0 Å². The lowest BCUT2D eigenvalue weighted by atomic mass is 10.1. The summed E-state index contributed by atoms with van der Waals surface area (Å²) in [5.74, 6) is 0. The largest absolute Gasteiger partial charge is 0.422 e. The van der Waals surface area contributed by atoms with E-state index >= 15 is 0 Å². The standard InChI is InChI=1S/C10H11BrN2O/c1-3-6-4-7(11)9-8(5-6)13-10(12-2)14-9/h4-5H,3H2,1-2H3,(H,12,13). The molecule has 0 amide bonds. The second-order valence-electron chi connectivity index (χ2n) is 3.05. The molecule has 1 aromatic heterocycles. The van der Waals surface area contributed by atoms with Crippen molar-refractivity contribution in [3.8, 4) is 0 Å². The van der Waals surface area contributed by atoms with Crippen LogP contribution in [0.1, 0.15) is 12.5 Å². The molecule has 0 aliphatic heterocycles. The van der Waals surface area contributed by atoms with E-state index < -0.39 is 0 Å². The lowest BCUT2D eigenvalue weighted by Crippen LogP contribution is -1.85. The van der Waals surface area contributed by atoms with Crippen LogP contribution in [0.2, 0.25) is 0 Å². The third-order valence-electron chi connectivity index (χ3n) is 2.13. The van der Waals surface area contributed by atoms with Crippen LogP contribution in [-0.4, -0.2) is 12.0 Å². The predicted octanol–water partition coefficient (Wildman–Crippen LogP) is 3.19. The minimum Gasteiger partial charge on any atom is -0.422 e.